The van der Waals surface area contributed by atoms with Crippen LogP contribution in [0.3, 0.4) is 0 Å². The number of carbonyl (C=O) groups is 2. The molecule has 4 unspecified atom stereocenters. The van der Waals surface area contributed by atoms with E-state index < -0.39 is 11.9 Å². The third-order valence-corrected chi connectivity index (χ3v) is 5.37. The second-order valence-corrected chi connectivity index (χ2v) is 6.80. The van der Waals surface area contributed by atoms with Crippen molar-refractivity contribution in [2.45, 2.75) is 45.1 Å². The maximum atomic E-state index is 12.8. The molecule has 5 nitrogen and oxygen atoms in total. The van der Waals surface area contributed by atoms with Gasteiger partial charge in [-0.1, -0.05) is 13.3 Å². The Morgan fingerprint density at radius 2 is 1.95 bits per heavy atom. The van der Waals surface area contributed by atoms with Crippen LogP contribution in [0.25, 0.3) is 0 Å². The summed E-state index contributed by atoms with van der Waals surface area (Å²) in [5.41, 5.74) is 0. The summed E-state index contributed by atoms with van der Waals surface area (Å²) in [4.78, 5) is 28.3. The van der Waals surface area contributed by atoms with Gasteiger partial charge in [-0.05, 0) is 45.2 Å². The van der Waals surface area contributed by atoms with E-state index in [-0.39, 0.29) is 17.9 Å². The van der Waals surface area contributed by atoms with E-state index in [9.17, 15) is 14.7 Å². The molecule has 1 saturated carbocycles. The molecule has 5 heteroatoms. The van der Waals surface area contributed by atoms with E-state index >= 15 is 0 Å². The van der Waals surface area contributed by atoms with Crippen LogP contribution in [0.1, 0.15) is 39.0 Å². The first-order valence-corrected chi connectivity index (χ1v) is 8.12. The Morgan fingerprint density at radius 1 is 1.29 bits per heavy atom. The van der Waals surface area contributed by atoms with Gasteiger partial charge in [0.15, 0.2) is 0 Å². The lowest BCUT2D eigenvalue weighted by atomic mass is 9.93. The monoisotopic (exact) mass is 296 g/mol. The maximum Gasteiger partial charge on any atom is 0.307 e. The fourth-order valence-corrected chi connectivity index (χ4v) is 3.92. The van der Waals surface area contributed by atoms with Gasteiger partial charge in [-0.15, -0.1) is 0 Å². The molecular formula is C16H28N2O3. The van der Waals surface area contributed by atoms with Gasteiger partial charge in [-0.25, -0.2) is 0 Å². The Bertz CT molecular complexity index is 399. The van der Waals surface area contributed by atoms with Crippen molar-refractivity contribution in [3.05, 3.63) is 0 Å². The molecule has 2 rings (SSSR count). The Balaban J connectivity index is 2.04. The number of carboxylic acid groups (broad SMARTS) is 1. The minimum atomic E-state index is -0.807. The van der Waals surface area contributed by atoms with E-state index in [4.69, 9.17) is 0 Å². The molecule has 120 valence electrons. The summed E-state index contributed by atoms with van der Waals surface area (Å²) in [7, 11) is 3.93. The second-order valence-electron chi connectivity index (χ2n) is 6.80. The summed E-state index contributed by atoms with van der Waals surface area (Å²) in [5.74, 6) is -1.21. The lowest BCUT2D eigenvalue weighted by Gasteiger charge is -2.37. The van der Waals surface area contributed by atoms with Crippen LogP contribution in [0.2, 0.25) is 0 Å². The zero-order valence-corrected chi connectivity index (χ0v) is 13.4. The lowest BCUT2D eigenvalue weighted by Crippen LogP contribution is -2.49. The first kappa shape index (κ1) is 16.3. The maximum absolute atomic E-state index is 12.8. The third-order valence-electron chi connectivity index (χ3n) is 5.37. The number of likely N-dealkylation sites (N-methyl/N-ethyl adjacent to an activating group) is 2. The normalized spacial score (nSPS) is 33.9. The van der Waals surface area contributed by atoms with Gasteiger partial charge in [0.05, 0.1) is 11.8 Å². The number of nitrogens with zero attached hydrogens (tertiary/aromatic N) is 2. The SMILES string of the molecule is CCC1CC(C(=O)O)C(C(=O)N(C)C2CCCN(C)C2)C1. The molecule has 0 bridgehead atoms. The first-order valence-electron chi connectivity index (χ1n) is 8.12. The molecule has 1 aliphatic heterocycles. The highest BCUT2D eigenvalue weighted by Gasteiger charge is 2.44. The number of hydrogen-bond acceptors (Lipinski definition) is 3. The topological polar surface area (TPSA) is 60.9 Å². The molecule has 2 aliphatic rings. The molecule has 2 fully saturated rings. The lowest BCUT2D eigenvalue weighted by molar-refractivity contribution is -0.149. The van der Waals surface area contributed by atoms with Gasteiger partial charge >= 0.3 is 5.97 Å². The van der Waals surface area contributed by atoms with Gasteiger partial charge in [0.25, 0.3) is 0 Å². The summed E-state index contributed by atoms with van der Waals surface area (Å²) in [6.07, 6.45) is 4.47. The van der Waals surface area contributed by atoms with E-state index in [0.29, 0.717) is 12.3 Å². The Morgan fingerprint density at radius 3 is 2.52 bits per heavy atom. The molecule has 0 spiro atoms. The van der Waals surface area contributed by atoms with Crippen molar-refractivity contribution in [3.8, 4) is 0 Å². The zero-order valence-electron chi connectivity index (χ0n) is 13.4. The number of hydrogen-bond donors (Lipinski definition) is 1. The van der Waals surface area contributed by atoms with E-state index in [0.717, 1.165) is 38.8 Å². The highest BCUT2D eigenvalue weighted by molar-refractivity contribution is 5.85. The van der Waals surface area contributed by atoms with Gasteiger partial charge in [0.1, 0.15) is 0 Å². The van der Waals surface area contributed by atoms with Gasteiger partial charge in [0.2, 0.25) is 5.91 Å². The summed E-state index contributed by atoms with van der Waals surface area (Å²) in [5, 5.41) is 9.40. The molecule has 21 heavy (non-hydrogen) atoms. The molecule has 1 N–H and O–H groups in total. The largest absolute Gasteiger partial charge is 0.481 e. The van der Waals surface area contributed by atoms with Gasteiger partial charge in [0, 0.05) is 19.6 Å². The number of likely N-dealkylation sites (tertiary alicyclic amines) is 1. The number of rotatable bonds is 4. The summed E-state index contributed by atoms with van der Waals surface area (Å²) < 4.78 is 0. The average Bonchev–Trinajstić information content (AvgIpc) is 2.90. The van der Waals surface area contributed by atoms with Crippen LogP contribution in [-0.4, -0.2) is 60.0 Å². The highest BCUT2D eigenvalue weighted by atomic mass is 16.4. The van der Waals surface area contributed by atoms with Crippen LogP contribution in [0.5, 0.6) is 0 Å². The average molecular weight is 296 g/mol. The standard InChI is InChI=1S/C16H28N2O3/c1-4-11-8-13(14(9-11)16(20)21)15(19)18(3)12-6-5-7-17(2)10-12/h11-14H,4-10H2,1-3H3,(H,20,21). The number of amides is 1. The molecular weight excluding hydrogens is 268 g/mol. The van der Waals surface area contributed by atoms with E-state index in [1.165, 1.54) is 0 Å². The highest BCUT2D eigenvalue weighted by Crippen LogP contribution is 2.39. The minimum absolute atomic E-state index is 0.0404. The zero-order chi connectivity index (χ0) is 15.6. The van der Waals surface area contributed by atoms with Crippen LogP contribution in [0.15, 0.2) is 0 Å². The summed E-state index contributed by atoms with van der Waals surface area (Å²) in [6.45, 7) is 4.05. The number of carboxylic acids is 1. The summed E-state index contributed by atoms with van der Waals surface area (Å²) >= 11 is 0. The van der Waals surface area contributed by atoms with Gasteiger partial charge in [-0.2, -0.15) is 0 Å². The van der Waals surface area contributed by atoms with Crippen molar-refractivity contribution in [1.82, 2.24) is 9.80 Å². The van der Waals surface area contributed by atoms with Crippen LogP contribution >= 0.6 is 0 Å². The second kappa shape index (κ2) is 6.77. The van der Waals surface area contributed by atoms with Gasteiger partial charge < -0.3 is 14.9 Å². The molecule has 0 aromatic heterocycles. The Kier molecular flexibility index (Phi) is 5.25. The number of aliphatic carboxylic acids is 1. The molecule has 1 saturated heterocycles. The van der Waals surface area contributed by atoms with E-state index in [1.54, 1.807) is 0 Å². The van der Waals surface area contributed by atoms with Crippen molar-refractivity contribution in [2.75, 3.05) is 27.2 Å². The van der Waals surface area contributed by atoms with Crippen molar-refractivity contribution in [2.24, 2.45) is 17.8 Å². The van der Waals surface area contributed by atoms with Crippen LogP contribution in [0, 0.1) is 17.8 Å². The quantitative estimate of drug-likeness (QED) is 0.857. The fourth-order valence-electron chi connectivity index (χ4n) is 3.92. The molecule has 1 heterocycles. The molecule has 0 aromatic carbocycles. The third kappa shape index (κ3) is 3.57. The molecule has 1 aliphatic carbocycles. The number of carbonyl (C=O) groups excluding carboxylic acids is 1. The van der Waals surface area contributed by atoms with Crippen LogP contribution in [0.4, 0.5) is 0 Å². The predicted octanol–water partition coefficient (Wildman–Crippen LogP) is 1.68. The molecule has 4 atom stereocenters. The minimum Gasteiger partial charge on any atom is -0.481 e. The van der Waals surface area contributed by atoms with Crippen molar-refractivity contribution in [1.29, 1.82) is 0 Å². The first-order chi connectivity index (χ1) is 9.93. The van der Waals surface area contributed by atoms with Crippen molar-refractivity contribution < 1.29 is 14.7 Å². The Hall–Kier alpha value is -1.10. The Labute approximate surface area is 127 Å². The fraction of sp³-hybridized carbons (Fsp3) is 0.875. The molecule has 0 radical (unpaired) electrons. The molecule has 1 amide bonds. The smallest absolute Gasteiger partial charge is 0.307 e. The molecule has 0 aromatic rings. The van der Waals surface area contributed by atoms with Crippen molar-refractivity contribution >= 4 is 11.9 Å². The van der Waals surface area contributed by atoms with E-state index in [1.807, 2.05) is 11.9 Å². The van der Waals surface area contributed by atoms with Crippen LogP contribution in [-0.2, 0) is 9.59 Å². The summed E-state index contributed by atoms with van der Waals surface area (Å²) in [6, 6.07) is 0.228. The van der Waals surface area contributed by atoms with Gasteiger partial charge in [-0.3, -0.25) is 9.59 Å². The van der Waals surface area contributed by atoms with Crippen molar-refractivity contribution in [3.63, 3.8) is 0 Å². The predicted molar refractivity (Wildman–Crippen MR) is 80.9 cm³/mol. The number of piperidine rings is 1. The van der Waals surface area contributed by atoms with Crippen LogP contribution < -0.4 is 0 Å². The van der Waals surface area contributed by atoms with E-state index in [2.05, 4.69) is 18.9 Å².